The van der Waals surface area contributed by atoms with Crippen LogP contribution in [-0.4, -0.2) is 17.2 Å². The number of amidine groups is 1. The number of pyridine rings is 1. The Labute approximate surface area is 171 Å². The monoisotopic (exact) mass is 415 g/mol. The van der Waals surface area contributed by atoms with E-state index in [2.05, 4.69) is 9.98 Å². The molecule has 2 heterocycles. The van der Waals surface area contributed by atoms with Gasteiger partial charge in [-0.05, 0) is 35.9 Å². The number of benzene rings is 1. The molecule has 8 heteroatoms. The summed E-state index contributed by atoms with van der Waals surface area (Å²) >= 11 is 13.8. The Morgan fingerprint density at radius 3 is 2.48 bits per heavy atom. The minimum atomic E-state index is 0.274. The Bertz CT molecular complexity index is 1010. The van der Waals surface area contributed by atoms with Crippen LogP contribution in [0.5, 0.6) is 0 Å². The number of nitrogens with one attached hydrogen (secondary N) is 1. The van der Waals surface area contributed by atoms with E-state index in [-0.39, 0.29) is 5.84 Å². The smallest absolute Gasteiger partial charge is 0.143 e. The molecule has 0 aliphatic heterocycles. The number of aliphatic imine (C=N–C) groups is 1. The Morgan fingerprint density at radius 1 is 1.22 bits per heavy atom. The first-order valence-electron chi connectivity index (χ1n) is 7.64. The number of hydrogen-bond acceptors (Lipinski definition) is 4. The third-order valence-electron chi connectivity index (χ3n) is 3.35. The lowest BCUT2D eigenvalue weighted by Crippen LogP contribution is -2.12. The van der Waals surface area contributed by atoms with E-state index in [0.29, 0.717) is 10.0 Å². The highest BCUT2D eigenvalue weighted by atomic mass is 35.5. The highest BCUT2D eigenvalue weighted by Crippen LogP contribution is 2.40. The molecule has 3 aromatic rings. The number of rotatable bonds is 4. The highest BCUT2D eigenvalue weighted by Gasteiger charge is 2.17. The molecule has 0 spiro atoms. The van der Waals surface area contributed by atoms with E-state index < -0.39 is 0 Å². The summed E-state index contributed by atoms with van der Waals surface area (Å²) in [5.41, 5.74) is 8.74. The molecule has 1 aromatic carbocycles. The molecular weight excluding hydrogens is 401 g/mol. The molecule has 0 aliphatic rings. The van der Waals surface area contributed by atoms with E-state index in [1.807, 2.05) is 24.3 Å². The molecule has 0 saturated heterocycles. The zero-order chi connectivity index (χ0) is 19.8. The lowest BCUT2D eigenvalue weighted by atomic mass is 10.0. The highest BCUT2D eigenvalue weighted by molar-refractivity contribution is 7.18. The molecule has 0 unspecified atom stereocenters. The number of aromatic nitrogens is 1. The minimum Gasteiger partial charge on any atom is -0.382 e. The van der Waals surface area contributed by atoms with Crippen molar-refractivity contribution in [3.05, 3.63) is 63.7 Å². The SMILES string of the molecule is CC#N.N=CN=C(N)c1sc(-c2ccncc2)cc1-c1ccc(Cl)cc1Cl. The lowest BCUT2D eigenvalue weighted by Gasteiger charge is -2.06. The largest absolute Gasteiger partial charge is 0.382 e. The van der Waals surface area contributed by atoms with Gasteiger partial charge in [-0.25, -0.2) is 4.99 Å². The molecule has 0 fully saturated rings. The first-order chi connectivity index (χ1) is 13.0. The average Bonchev–Trinajstić information content (AvgIpc) is 3.08. The summed E-state index contributed by atoms with van der Waals surface area (Å²) in [6, 6.07) is 12.9. The van der Waals surface area contributed by atoms with Gasteiger partial charge in [0.2, 0.25) is 0 Å². The van der Waals surface area contributed by atoms with Crippen molar-refractivity contribution in [1.82, 2.24) is 4.98 Å². The zero-order valence-corrected chi connectivity index (χ0v) is 16.6. The van der Waals surface area contributed by atoms with E-state index in [9.17, 15) is 0 Å². The number of thiophene rings is 1. The summed E-state index contributed by atoms with van der Waals surface area (Å²) in [5, 5.41) is 15.6. The Morgan fingerprint density at radius 2 is 1.89 bits per heavy atom. The number of hydrogen-bond donors (Lipinski definition) is 2. The van der Waals surface area contributed by atoms with Gasteiger partial charge in [-0.1, -0.05) is 29.3 Å². The number of nitrogens with two attached hydrogens (primary N) is 1. The van der Waals surface area contributed by atoms with Crippen LogP contribution >= 0.6 is 34.5 Å². The topological polar surface area (TPSA) is 98.9 Å². The Kier molecular flexibility index (Phi) is 7.50. The molecule has 5 nitrogen and oxygen atoms in total. The van der Waals surface area contributed by atoms with Crippen molar-refractivity contribution < 1.29 is 0 Å². The van der Waals surface area contributed by atoms with E-state index in [0.717, 1.165) is 32.8 Å². The summed E-state index contributed by atoms with van der Waals surface area (Å²) in [6.45, 7) is 1.43. The van der Waals surface area contributed by atoms with E-state index >= 15 is 0 Å². The lowest BCUT2D eigenvalue weighted by molar-refractivity contribution is 1.33. The molecule has 3 N–H and O–H groups in total. The fourth-order valence-corrected chi connectivity index (χ4v) is 3.87. The van der Waals surface area contributed by atoms with Gasteiger partial charge in [-0.3, -0.25) is 10.4 Å². The maximum Gasteiger partial charge on any atom is 0.143 e. The van der Waals surface area contributed by atoms with Gasteiger partial charge in [0.1, 0.15) is 12.2 Å². The molecule has 0 radical (unpaired) electrons. The molecule has 27 heavy (non-hydrogen) atoms. The van der Waals surface area contributed by atoms with Crippen LogP contribution in [-0.2, 0) is 0 Å². The molecule has 3 rings (SSSR count). The normalized spacial score (nSPS) is 10.5. The maximum atomic E-state index is 7.32. The number of nitrogens with zero attached hydrogens (tertiary/aromatic N) is 3. The molecule has 2 aromatic heterocycles. The van der Waals surface area contributed by atoms with E-state index in [1.54, 1.807) is 30.6 Å². The van der Waals surface area contributed by atoms with Crippen LogP contribution in [0.4, 0.5) is 0 Å². The molecule has 0 atom stereocenters. The van der Waals surface area contributed by atoms with Crippen LogP contribution < -0.4 is 5.73 Å². The second-order valence-electron chi connectivity index (χ2n) is 5.08. The summed E-state index contributed by atoms with van der Waals surface area (Å²) in [4.78, 5) is 9.71. The molecule has 0 bridgehead atoms. The fraction of sp³-hybridized carbons (Fsp3) is 0.0526. The van der Waals surface area contributed by atoms with Crippen molar-refractivity contribution in [3.8, 4) is 27.6 Å². The molecule has 0 saturated carbocycles. The van der Waals surface area contributed by atoms with Crippen molar-refractivity contribution in [1.29, 1.82) is 10.7 Å². The predicted octanol–water partition coefficient (Wildman–Crippen LogP) is 5.63. The molecular formula is C19H15Cl2N5S. The van der Waals surface area contributed by atoms with Crippen LogP contribution in [0.25, 0.3) is 21.6 Å². The van der Waals surface area contributed by atoms with Crippen LogP contribution in [0.1, 0.15) is 11.8 Å². The summed E-state index contributed by atoms with van der Waals surface area (Å²) in [5.74, 6) is 0.274. The van der Waals surface area contributed by atoms with E-state index in [4.69, 9.17) is 39.6 Å². The first-order valence-corrected chi connectivity index (χ1v) is 9.22. The summed E-state index contributed by atoms with van der Waals surface area (Å²) in [7, 11) is 0. The Hall–Kier alpha value is -2.72. The van der Waals surface area contributed by atoms with Crippen molar-refractivity contribution in [2.24, 2.45) is 10.7 Å². The van der Waals surface area contributed by atoms with Gasteiger partial charge in [0.25, 0.3) is 0 Å². The van der Waals surface area contributed by atoms with Crippen LogP contribution in [0, 0.1) is 16.7 Å². The minimum absolute atomic E-state index is 0.274. The first kappa shape index (κ1) is 20.6. The third-order valence-corrected chi connectivity index (χ3v) is 5.11. The van der Waals surface area contributed by atoms with Crippen molar-refractivity contribution in [3.63, 3.8) is 0 Å². The summed E-state index contributed by atoms with van der Waals surface area (Å²) in [6.07, 6.45) is 4.39. The Balaban J connectivity index is 0.000000817. The third kappa shape index (κ3) is 5.14. The number of halogens is 2. The van der Waals surface area contributed by atoms with Gasteiger partial charge in [-0.2, -0.15) is 5.26 Å². The van der Waals surface area contributed by atoms with Crippen molar-refractivity contribution >= 4 is 46.7 Å². The molecule has 136 valence electrons. The van der Waals surface area contributed by atoms with Crippen LogP contribution in [0.3, 0.4) is 0 Å². The zero-order valence-electron chi connectivity index (χ0n) is 14.3. The number of nitriles is 1. The van der Waals surface area contributed by atoms with Gasteiger partial charge in [0, 0.05) is 45.4 Å². The fourth-order valence-electron chi connectivity index (χ4n) is 2.28. The van der Waals surface area contributed by atoms with E-state index in [1.165, 1.54) is 18.3 Å². The van der Waals surface area contributed by atoms with Crippen LogP contribution in [0.2, 0.25) is 10.0 Å². The predicted molar refractivity (Wildman–Crippen MR) is 114 cm³/mol. The van der Waals surface area contributed by atoms with Gasteiger partial charge in [0.05, 0.1) is 10.9 Å². The van der Waals surface area contributed by atoms with Gasteiger partial charge in [-0.15, -0.1) is 11.3 Å². The van der Waals surface area contributed by atoms with Gasteiger partial charge < -0.3 is 5.73 Å². The van der Waals surface area contributed by atoms with Crippen LogP contribution in [0.15, 0.2) is 53.8 Å². The maximum absolute atomic E-state index is 7.32. The molecule has 0 aliphatic carbocycles. The van der Waals surface area contributed by atoms with Gasteiger partial charge >= 0.3 is 0 Å². The second-order valence-corrected chi connectivity index (χ2v) is 6.98. The quantitative estimate of drug-likeness (QED) is 0.426. The molecule has 0 amide bonds. The van der Waals surface area contributed by atoms with Crippen molar-refractivity contribution in [2.75, 3.05) is 0 Å². The second kappa shape index (κ2) is 9.83. The standard InChI is InChI=1S/C17H12Cl2N4S.C2H3N/c18-11-1-2-12(14(19)7-11)13-8-15(10-3-5-22-6-4-10)24-16(13)17(21)23-9-20;1-2-3/h1-9H,(H3,20,21,23);1H3. The average molecular weight is 416 g/mol. The van der Waals surface area contributed by atoms with Crippen molar-refractivity contribution in [2.45, 2.75) is 6.92 Å². The van der Waals surface area contributed by atoms with Gasteiger partial charge in [0.15, 0.2) is 0 Å². The summed E-state index contributed by atoms with van der Waals surface area (Å²) < 4.78 is 0.